The van der Waals surface area contributed by atoms with Gasteiger partial charge in [0.1, 0.15) is 11.5 Å². The molecule has 0 aliphatic carbocycles. The molecule has 0 aliphatic heterocycles. The van der Waals surface area contributed by atoms with Crippen molar-refractivity contribution in [2.75, 3.05) is 19.5 Å². The zero-order chi connectivity index (χ0) is 21.5. The third-order valence-electron chi connectivity index (χ3n) is 4.52. The van der Waals surface area contributed by atoms with Crippen LogP contribution in [0.4, 0.5) is 5.69 Å². The third kappa shape index (κ3) is 5.17. The molecule has 0 bridgehead atoms. The van der Waals surface area contributed by atoms with Gasteiger partial charge >= 0.3 is 5.97 Å². The van der Waals surface area contributed by atoms with Gasteiger partial charge in [-0.3, -0.25) is 4.79 Å². The Morgan fingerprint density at radius 3 is 2.43 bits per heavy atom. The largest absolute Gasteiger partial charge is 0.497 e. The first-order valence-corrected chi connectivity index (χ1v) is 9.40. The van der Waals surface area contributed by atoms with Gasteiger partial charge in [-0.05, 0) is 54.1 Å². The molecule has 1 atom stereocenters. The van der Waals surface area contributed by atoms with Crippen molar-refractivity contribution >= 4 is 34.4 Å². The fourth-order valence-electron chi connectivity index (χ4n) is 2.91. The summed E-state index contributed by atoms with van der Waals surface area (Å²) in [6, 6.07) is 18.7. The van der Waals surface area contributed by atoms with Gasteiger partial charge in [0.2, 0.25) is 0 Å². The van der Waals surface area contributed by atoms with Crippen LogP contribution in [0.15, 0.2) is 66.7 Å². The highest BCUT2D eigenvalue weighted by atomic mass is 16.5. The van der Waals surface area contributed by atoms with Crippen LogP contribution >= 0.6 is 0 Å². The summed E-state index contributed by atoms with van der Waals surface area (Å²) in [5.74, 6) is 0.168. The molecule has 0 heterocycles. The molecule has 6 heteroatoms. The molecule has 3 aromatic carbocycles. The minimum atomic E-state index is -0.958. The lowest BCUT2D eigenvalue weighted by Crippen LogP contribution is -2.29. The molecular weight excluding hydrogens is 382 g/mol. The quantitative estimate of drug-likeness (QED) is 0.465. The maximum Gasteiger partial charge on any atom is 0.331 e. The second-order valence-corrected chi connectivity index (χ2v) is 6.57. The van der Waals surface area contributed by atoms with Gasteiger partial charge in [-0.25, -0.2) is 4.79 Å². The number of amides is 1. The predicted octanol–water partition coefficient (Wildman–Crippen LogP) is 4.44. The Labute approximate surface area is 175 Å². The van der Waals surface area contributed by atoms with Crippen molar-refractivity contribution < 1.29 is 23.8 Å². The van der Waals surface area contributed by atoms with Crippen molar-refractivity contribution in [3.8, 4) is 11.5 Å². The molecule has 0 fully saturated rings. The number of fused-ring (bicyclic) bond motifs is 1. The monoisotopic (exact) mass is 405 g/mol. The lowest BCUT2D eigenvalue weighted by atomic mass is 10.1. The summed E-state index contributed by atoms with van der Waals surface area (Å²) in [4.78, 5) is 24.5. The van der Waals surface area contributed by atoms with Gasteiger partial charge in [0.15, 0.2) is 6.10 Å². The normalized spacial score (nSPS) is 11.8. The van der Waals surface area contributed by atoms with Crippen LogP contribution in [-0.2, 0) is 14.3 Å². The summed E-state index contributed by atoms with van der Waals surface area (Å²) in [6.45, 7) is 1.52. The second kappa shape index (κ2) is 9.60. The molecule has 30 heavy (non-hydrogen) atoms. The Bertz CT molecular complexity index is 1090. The Morgan fingerprint density at radius 2 is 1.70 bits per heavy atom. The van der Waals surface area contributed by atoms with Crippen molar-refractivity contribution in [3.63, 3.8) is 0 Å². The lowest BCUT2D eigenvalue weighted by molar-refractivity contribution is -0.148. The lowest BCUT2D eigenvalue weighted by Gasteiger charge is -2.13. The van der Waals surface area contributed by atoms with E-state index in [2.05, 4.69) is 5.32 Å². The van der Waals surface area contributed by atoms with E-state index in [1.54, 1.807) is 31.4 Å². The van der Waals surface area contributed by atoms with Crippen LogP contribution in [0.5, 0.6) is 11.5 Å². The van der Waals surface area contributed by atoms with E-state index in [9.17, 15) is 9.59 Å². The topological polar surface area (TPSA) is 73.9 Å². The average molecular weight is 405 g/mol. The number of hydrogen-bond donors (Lipinski definition) is 1. The number of rotatable bonds is 7. The van der Waals surface area contributed by atoms with Crippen molar-refractivity contribution in [3.05, 3.63) is 72.3 Å². The Balaban J connectivity index is 1.61. The van der Waals surface area contributed by atoms with Gasteiger partial charge in [-0.15, -0.1) is 0 Å². The molecule has 154 valence electrons. The number of esters is 1. The first-order valence-electron chi connectivity index (χ1n) is 9.40. The van der Waals surface area contributed by atoms with Crippen LogP contribution < -0.4 is 14.8 Å². The molecule has 3 rings (SSSR count). The van der Waals surface area contributed by atoms with Crippen LogP contribution in [0.1, 0.15) is 12.5 Å². The average Bonchev–Trinajstić information content (AvgIpc) is 2.77. The first-order chi connectivity index (χ1) is 14.5. The van der Waals surface area contributed by atoms with Gasteiger partial charge in [0.05, 0.1) is 14.2 Å². The number of carbonyl (C=O) groups is 2. The van der Waals surface area contributed by atoms with Crippen molar-refractivity contribution in [2.45, 2.75) is 13.0 Å². The number of benzene rings is 3. The van der Waals surface area contributed by atoms with Gasteiger partial charge in [0, 0.05) is 17.3 Å². The van der Waals surface area contributed by atoms with E-state index in [1.165, 1.54) is 20.1 Å². The summed E-state index contributed by atoms with van der Waals surface area (Å²) in [5, 5.41) is 4.86. The van der Waals surface area contributed by atoms with E-state index in [-0.39, 0.29) is 0 Å². The van der Waals surface area contributed by atoms with Crippen molar-refractivity contribution in [1.29, 1.82) is 0 Å². The van der Waals surface area contributed by atoms with E-state index in [0.29, 0.717) is 22.7 Å². The zero-order valence-electron chi connectivity index (χ0n) is 17.0. The minimum absolute atomic E-state index is 0.411. The Morgan fingerprint density at radius 1 is 0.933 bits per heavy atom. The molecule has 0 aromatic heterocycles. The molecule has 0 saturated heterocycles. The molecule has 1 amide bonds. The molecule has 1 N–H and O–H groups in total. The first kappa shape index (κ1) is 20.9. The number of nitrogens with one attached hydrogen (secondary N) is 1. The molecule has 0 spiro atoms. The maximum atomic E-state index is 12.4. The molecule has 0 aliphatic rings. The van der Waals surface area contributed by atoms with E-state index < -0.39 is 18.0 Å². The number of anilines is 1. The summed E-state index contributed by atoms with van der Waals surface area (Å²) in [6.07, 6.45) is 1.84. The van der Waals surface area contributed by atoms with Crippen LogP contribution in [-0.4, -0.2) is 32.2 Å². The van der Waals surface area contributed by atoms with Crippen LogP contribution in [0.25, 0.3) is 16.8 Å². The summed E-state index contributed by atoms with van der Waals surface area (Å²) in [7, 11) is 3.09. The number of ether oxygens (including phenoxy) is 3. The Hall–Kier alpha value is -3.80. The number of hydrogen-bond acceptors (Lipinski definition) is 5. The molecule has 3 aromatic rings. The van der Waals surface area contributed by atoms with E-state index in [0.717, 1.165) is 10.8 Å². The SMILES string of the molecule is COc1ccc(OC)c(/C=C/C(=O)O[C@@H](C)C(=O)Nc2ccc3ccccc3c2)c1. The number of carbonyl (C=O) groups excluding carboxylic acids is 2. The van der Waals surface area contributed by atoms with Gasteiger partial charge < -0.3 is 19.5 Å². The summed E-state index contributed by atoms with van der Waals surface area (Å²) < 4.78 is 15.7. The van der Waals surface area contributed by atoms with Gasteiger partial charge in [0.25, 0.3) is 5.91 Å². The second-order valence-electron chi connectivity index (χ2n) is 6.57. The van der Waals surface area contributed by atoms with E-state index in [4.69, 9.17) is 14.2 Å². The fraction of sp³-hybridized carbons (Fsp3) is 0.167. The van der Waals surface area contributed by atoms with Crippen LogP contribution in [0, 0.1) is 0 Å². The predicted molar refractivity (Wildman–Crippen MR) is 117 cm³/mol. The smallest absolute Gasteiger partial charge is 0.331 e. The molecule has 0 radical (unpaired) electrons. The standard InChI is InChI=1S/C24H23NO5/c1-16(24(27)25-20-10-8-17-6-4-5-7-18(17)14-20)30-23(26)13-9-19-15-21(28-2)11-12-22(19)29-3/h4-16H,1-3H3,(H,25,27)/b13-9+/t16-/m0/s1. The molecule has 0 unspecified atom stereocenters. The highest BCUT2D eigenvalue weighted by molar-refractivity contribution is 5.98. The van der Waals surface area contributed by atoms with E-state index >= 15 is 0 Å². The third-order valence-corrected chi connectivity index (χ3v) is 4.52. The van der Waals surface area contributed by atoms with Crippen molar-refractivity contribution in [2.24, 2.45) is 0 Å². The number of methoxy groups -OCH3 is 2. The molecular formula is C24H23NO5. The van der Waals surface area contributed by atoms with Gasteiger partial charge in [-0.1, -0.05) is 30.3 Å². The van der Waals surface area contributed by atoms with Crippen LogP contribution in [0.3, 0.4) is 0 Å². The molecule has 6 nitrogen and oxygen atoms in total. The van der Waals surface area contributed by atoms with E-state index in [1.807, 2.05) is 42.5 Å². The highest BCUT2D eigenvalue weighted by Gasteiger charge is 2.17. The fourth-order valence-corrected chi connectivity index (χ4v) is 2.91. The van der Waals surface area contributed by atoms with Crippen molar-refractivity contribution in [1.82, 2.24) is 0 Å². The molecule has 0 saturated carbocycles. The minimum Gasteiger partial charge on any atom is -0.497 e. The van der Waals surface area contributed by atoms with Crippen LogP contribution in [0.2, 0.25) is 0 Å². The zero-order valence-corrected chi connectivity index (χ0v) is 17.0. The maximum absolute atomic E-state index is 12.4. The summed E-state index contributed by atoms with van der Waals surface area (Å²) in [5.41, 5.74) is 1.29. The van der Waals surface area contributed by atoms with Gasteiger partial charge in [-0.2, -0.15) is 0 Å². The summed E-state index contributed by atoms with van der Waals surface area (Å²) >= 11 is 0. The Kier molecular flexibility index (Phi) is 6.70. The highest BCUT2D eigenvalue weighted by Crippen LogP contribution is 2.25.